The van der Waals surface area contributed by atoms with Gasteiger partial charge in [-0.1, -0.05) is 31.0 Å². The third kappa shape index (κ3) is 5.07. The van der Waals surface area contributed by atoms with E-state index in [9.17, 15) is 14.4 Å². The molecule has 0 bridgehead atoms. The van der Waals surface area contributed by atoms with Gasteiger partial charge in [0.1, 0.15) is 11.4 Å². The van der Waals surface area contributed by atoms with Gasteiger partial charge >= 0.3 is 12.0 Å². The van der Waals surface area contributed by atoms with Crippen molar-refractivity contribution in [3.63, 3.8) is 0 Å². The van der Waals surface area contributed by atoms with Crippen LogP contribution in [0.3, 0.4) is 0 Å². The highest BCUT2D eigenvalue weighted by Gasteiger charge is 2.33. The minimum absolute atomic E-state index is 0.148. The average molecular weight is 346 g/mol. The van der Waals surface area contributed by atoms with Crippen molar-refractivity contribution in [3.8, 4) is 5.75 Å². The van der Waals surface area contributed by atoms with E-state index in [-0.39, 0.29) is 18.0 Å². The lowest BCUT2D eigenvalue weighted by Crippen LogP contribution is -2.31. The summed E-state index contributed by atoms with van der Waals surface area (Å²) in [5.41, 5.74) is 0.935. The maximum Gasteiger partial charge on any atom is 0.329 e. The van der Waals surface area contributed by atoms with Crippen LogP contribution in [-0.2, 0) is 9.59 Å². The molecule has 134 valence electrons. The zero-order valence-electron chi connectivity index (χ0n) is 14.2. The molecule has 0 unspecified atom stereocenters. The van der Waals surface area contributed by atoms with Gasteiger partial charge in [0.05, 0.1) is 7.11 Å². The number of nitrogens with one attached hydrogen (secondary N) is 1. The minimum atomic E-state index is -0.805. The van der Waals surface area contributed by atoms with E-state index in [2.05, 4.69) is 5.32 Å². The van der Waals surface area contributed by atoms with Gasteiger partial charge in [0.2, 0.25) is 0 Å². The van der Waals surface area contributed by atoms with E-state index in [0.717, 1.165) is 12.8 Å². The Bertz CT molecular complexity index is 684. The topological polar surface area (TPSA) is 95.9 Å². The molecule has 3 amide bonds. The summed E-state index contributed by atoms with van der Waals surface area (Å²) in [5.74, 6) is -0.546. The Morgan fingerprint density at radius 1 is 1.20 bits per heavy atom. The molecule has 0 aliphatic carbocycles. The zero-order valence-corrected chi connectivity index (χ0v) is 14.2. The lowest BCUT2D eigenvalue weighted by Gasteiger charge is -2.11. The fourth-order valence-corrected chi connectivity index (χ4v) is 2.62. The molecule has 0 radical (unpaired) electrons. The number of carboxylic acids is 1. The van der Waals surface area contributed by atoms with E-state index >= 15 is 0 Å². The number of amides is 3. The number of unbranched alkanes of at least 4 members (excludes halogenated alkanes) is 3. The summed E-state index contributed by atoms with van der Waals surface area (Å²) >= 11 is 0. The SMILES string of the molecule is COc1ccccc1C=C1NC(=O)N(CCCCCCC(=O)O)C1=O. The molecule has 25 heavy (non-hydrogen) atoms. The minimum Gasteiger partial charge on any atom is -0.496 e. The summed E-state index contributed by atoms with van der Waals surface area (Å²) in [6.45, 7) is 0.320. The van der Waals surface area contributed by atoms with Gasteiger partial charge in [0, 0.05) is 18.5 Å². The number of rotatable bonds is 9. The van der Waals surface area contributed by atoms with Crippen molar-refractivity contribution in [2.75, 3.05) is 13.7 Å². The number of imide groups is 1. The fraction of sp³-hybridized carbons (Fsp3) is 0.389. The number of ether oxygens (including phenoxy) is 1. The number of carboxylic acid groups (broad SMARTS) is 1. The molecular weight excluding hydrogens is 324 g/mol. The van der Waals surface area contributed by atoms with Gasteiger partial charge in [-0.15, -0.1) is 0 Å². The van der Waals surface area contributed by atoms with E-state index < -0.39 is 12.0 Å². The Morgan fingerprint density at radius 2 is 1.92 bits per heavy atom. The second-order valence-corrected chi connectivity index (χ2v) is 5.74. The summed E-state index contributed by atoms with van der Waals surface area (Å²) in [5, 5.41) is 11.2. The number of carbonyl (C=O) groups excluding carboxylic acids is 2. The van der Waals surface area contributed by atoms with E-state index in [0.29, 0.717) is 30.7 Å². The zero-order chi connectivity index (χ0) is 18.2. The first-order valence-electron chi connectivity index (χ1n) is 8.22. The smallest absolute Gasteiger partial charge is 0.329 e. The number of urea groups is 1. The quantitative estimate of drug-likeness (QED) is 0.407. The molecule has 7 nitrogen and oxygen atoms in total. The van der Waals surface area contributed by atoms with Crippen LogP contribution < -0.4 is 10.1 Å². The highest BCUT2D eigenvalue weighted by molar-refractivity contribution is 6.14. The first kappa shape index (κ1) is 18.5. The Hall–Kier alpha value is -2.83. The molecule has 0 saturated carbocycles. The number of hydrogen-bond acceptors (Lipinski definition) is 4. The molecule has 1 saturated heterocycles. The first-order chi connectivity index (χ1) is 12.0. The number of nitrogens with zero attached hydrogens (tertiary/aromatic N) is 1. The normalized spacial score (nSPS) is 15.6. The lowest BCUT2D eigenvalue weighted by molar-refractivity contribution is -0.137. The molecule has 1 aliphatic heterocycles. The summed E-state index contributed by atoms with van der Waals surface area (Å²) in [7, 11) is 1.54. The Kier molecular flexibility index (Phi) is 6.56. The van der Waals surface area contributed by atoms with Crippen molar-refractivity contribution in [2.24, 2.45) is 0 Å². The predicted octanol–water partition coefficient (Wildman–Crippen LogP) is 2.62. The molecule has 7 heteroatoms. The number of para-hydroxylation sites is 1. The molecule has 0 atom stereocenters. The fourth-order valence-electron chi connectivity index (χ4n) is 2.62. The standard InChI is InChI=1S/C18H22N2O5/c1-25-15-9-6-5-8-13(15)12-14-17(23)20(18(24)19-14)11-7-3-2-4-10-16(21)22/h5-6,8-9,12H,2-4,7,10-11H2,1H3,(H,19,24)(H,21,22). The van der Waals surface area contributed by atoms with Gasteiger partial charge in [-0.05, 0) is 25.0 Å². The lowest BCUT2D eigenvalue weighted by atomic mass is 10.1. The second kappa shape index (κ2) is 8.86. The van der Waals surface area contributed by atoms with E-state index in [1.165, 1.54) is 4.90 Å². The van der Waals surface area contributed by atoms with Crippen LogP contribution in [0.25, 0.3) is 6.08 Å². The van der Waals surface area contributed by atoms with Gasteiger partial charge < -0.3 is 15.2 Å². The van der Waals surface area contributed by atoms with Crippen LogP contribution in [0.2, 0.25) is 0 Å². The highest BCUT2D eigenvalue weighted by atomic mass is 16.5. The highest BCUT2D eigenvalue weighted by Crippen LogP contribution is 2.22. The van der Waals surface area contributed by atoms with Crippen molar-refractivity contribution >= 4 is 24.0 Å². The van der Waals surface area contributed by atoms with Crippen LogP contribution >= 0.6 is 0 Å². The van der Waals surface area contributed by atoms with E-state index in [1.807, 2.05) is 12.1 Å². The molecule has 2 rings (SSSR count). The predicted molar refractivity (Wildman–Crippen MR) is 91.9 cm³/mol. The van der Waals surface area contributed by atoms with Gasteiger partial charge in [-0.25, -0.2) is 4.79 Å². The van der Waals surface area contributed by atoms with Crippen LogP contribution in [-0.4, -0.2) is 41.6 Å². The molecule has 1 aliphatic rings. The second-order valence-electron chi connectivity index (χ2n) is 5.74. The Balaban J connectivity index is 1.91. The molecule has 2 N–H and O–H groups in total. The van der Waals surface area contributed by atoms with Gasteiger partial charge in [-0.3, -0.25) is 14.5 Å². The summed E-state index contributed by atoms with van der Waals surface area (Å²) in [6, 6.07) is 6.80. The molecule has 1 aromatic carbocycles. The molecular formula is C18H22N2O5. The number of benzene rings is 1. The molecule has 1 aromatic rings. The monoisotopic (exact) mass is 346 g/mol. The van der Waals surface area contributed by atoms with Crippen molar-refractivity contribution < 1.29 is 24.2 Å². The van der Waals surface area contributed by atoms with Crippen LogP contribution in [0.15, 0.2) is 30.0 Å². The maximum atomic E-state index is 12.4. The van der Waals surface area contributed by atoms with Crippen LogP contribution in [0.1, 0.15) is 37.7 Å². The first-order valence-corrected chi connectivity index (χ1v) is 8.22. The number of carbonyl (C=O) groups is 3. The average Bonchev–Trinajstić information content (AvgIpc) is 2.85. The summed E-state index contributed by atoms with van der Waals surface area (Å²) < 4.78 is 5.24. The summed E-state index contributed by atoms with van der Waals surface area (Å²) in [4.78, 5) is 36.0. The molecule has 0 aromatic heterocycles. The van der Waals surface area contributed by atoms with Crippen LogP contribution in [0, 0.1) is 0 Å². The van der Waals surface area contributed by atoms with Crippen molar-refractivity contribution in [2.45, 2.75) is 32.1 Å². The van der Waals surface area contributed by atoms with Crippen LogP contribution in [0.4, 0.5) is 4.79 Å². The summed E-state index contributed by atoms with van der Waals surface area (Å²) in [6.07, 6.45) is 4.55. The van der Waals surface area contributed by atoms with Crippen LogP contribution in [0.5, 0.6) is 5.75 Å². The Labute approximate surface area is 146 Å². The number of methoxy groups -OCH3 is 1. The van der Waals surface area contributed by atoms with Crippen molar-refractivity contribution in [1.29, 1.82) is 0 Å². The molecule has 1 heterocycles. The van der Waals surface area contributed by atoms with Gasteiger partial charge in [-0.2, -0.15) is 0 Å². The van der Waals surface area contributed by atoms with Gasteiger partial charge in [0.25, 0.3) is 5.91 Å². The largest absolute Gasteiger partial charge is 0.496 e. The van der Waals surface area contributed by atoms with Gasteiger partial charge in [0.15, 0.2) is 0 Å². The third-order valence-electron chi connectivity index (χ3n) is 3.92. The van der Waals surface area contributed by atoms with E-state index in [1.54, 1.807) is 25.3 Å². The maximum absolute atomic E-state index is 12.4. The van der Waals surface area contributed by atoms with Crippen molar-refractivity contribution in [1.82, 2.24) is 10.2 Å². The third-order valence-corrected chi connectivity index (χ3v) is 3.92. The molecule has 0 spiro atoms. The number of aliphatic carboxylic acids is 1. The Morgan fingerprint density at radius 3 is 2.64 bits per heavy atom. The van der Waals surface area contributed by atoms with E-state index in [4.69, 9.17) is 9.84 Å². The molecule has 1 fully saturated rings. The van der Waals surface area contributed by atoms with Crippen molar-refractivity contribution in [3.05, 3.63) is 35.5 Å². The number of hydrogen-bond donors (Lipinski definition) is 2.